The molecule has 20 heterocycles. The number of amides is 5. The standard InChI is InChI=1S/2C24H22N6O.C23H22FN5O.2C23H23N5O/c2*1-16-10-17(15-30(16)24(31)20-5-3-2-4-18(20)11-25)14-29-9-8-22-23(29)7-6-21(28-22)19-12-26-27-13-19;1-15-10-16(14-29(15)23(30)17-2-4-19(24)5-3-17)13-28-9-8-21-22(28)7-6-20(27-21)18-11-25-26-12-18;2*1-16-11-17(15-28(16)23(29)18-5-3-2-4-6-18)14-27-10-9-21-22(27)8-7-20(26-21)19-12-24-25-13-19/h2*2-9,12-13,16-17H,10,14-15H2,1H3,(H,26,27);2-9,11-12,15-16H,10,13-14H2,1H3,(H,25,26);2*2-10,12-13,16-17H,11,14-15H2,1H3,(H,24,25)/t2*16-,17?;15-,16?;2*16-,17?/m10010/s1. The summed E-state index contributed by atoms with van der Waals surface area (Å²) >= 11 is 0. The Balaban J connectivity index is 0.000000109. The van der Waals surface area contributed by atoms with E-state index in [1.807, 2.05) is 177 Å². The summed E-state index contributed by atoms with van der Waals surface area (Å²) in [6.07, 6.45) is 33.3. The minimum atomic E-state index is -0.331. The van der Waals surface area contributed by atoms with Crippen molar-refractivity contribution >= 4 is 84.7 Å². The van der Waals surface area contributed by atoms with Gasteiger partial charge in [0.25, 0.3) is 29.5 Å². The number of aromatic amines is 5. The SMILES string of the molecule is C[C@@H]1CC(Cn2ccc3nc(-c4cn[nH]c4)ccc32)CN1C(=O)c1ccccc1.C[C@@H]1CC(Cn2ccc3nc(-c4cn[nH]c4)ccc32)CN1C(=O)c1ccccc1C#N.C[C@H]1CC(Cn2ccc3nc(-c4cn[nH]c4)ccc32)CN1C(=O)c1ccc(F)cc1.C[C@H]1CC(Cn2ccc3nc(-c4cn[nH]c4)ccc32)CN1C(=O)c1ccccc1.C[C@H]1CC(Cn2ccc3nc(-c4cn[nH]c4)ccc32)CN1C(=O)c1ccccc1C#N. The number of hydrogen-bond acceptors (Lipinski definition) is 17. The molecule has 0 spiro atoms. The summed E-state index contributed by atoms with van der Waals surface area (Å²) in [6.45, 7) is 18.4. The molecule has 15 aromatic heterocycles. The maximum absolute atomic E-state index is 13.2. The van der Waals surface area contributed by atoms with E-state index >= 15 is 0 Å². The molecule has 5 saturated heterocycles. The number of rotatable bonds is 20. The van der Waals surface area contributed by atoms with Crippen LogP contribution >= 0.6 is 0 Å². The minimum absolute atomic E-state index is 0.0335. The summed E-state index contributed by atoms with van der Waals surface area (Å²) in [4.78, 5) is 98.3. The van der Waals surface area contributed by atoms with E-state index in [0.717, 1.165) is 200 Å². The van der Waals surface area contributed by atoms with E-state index in [2.05, 4.69) is 194 Å². The Morgan fingerprint density at radius 2 is 0.513 bits per heavy atom. The summed E-state index contributed by atoms with van der Waals surface area (Å²) in [5.41, 5.74) is 23.5. The zero-order valence-electron chi connectivity index (χ0n) is 83.7. The van der Waals surface area contributed by atoms with Gasteiger partial charge in [0.1, 0.15) is 5.82 Å². The van der Waals surface area contributed by atoms with E-state index in [4.69, 9.17) is 24.9 Å². The molecule has 0 aliphatic carbocycles. The molecule has 5 unspecified atom stereocenters. The second-order valence-electron chi connectivity index (χ2n) is 39.9. The normalized spacial score (nSPS) is 18.8. The minimum Gasteiger partial charge on any atom is -0.346 e. The lowest BCUT2D eigenvalue weighted by molar-refractivity contribution is 0.0734. The number of likely N-dealkylation sites (tertiary alicyclic amines) is 5. The van der Waals surface area contributed by atoms with Gasteiger partial charge in [0.15, 0.2) is 0 Å². The molecule has 5 fully saturated rings. The highest BCUT2D eigenvalue weighted by atomic mass is 19.1. The summed E-state index contributed by atoms with van der Waals surface area (Å²) in [5, 5.41) is 52.8. The van der Waals surface area contributed by atoms with Gasteiger partial charge >= 0.3 is 0 Å². The Kier molecular flexibility index (Phi) is 28.5. The molecule has 33 heteroatoms. The van der Waals surface area contributed by atoms with Crippen LogP contribution in [0.4, 0.5) is 4.39 Å². The average Bonchev–Trinajstić information content (AvgIpc) is 1.56. The summed E-state index contributed by atoms with van der Waals surface area (Å²) < 4.78 is 24.3. The average molecular weight is 2000 g/mol. The number of nitrogens with zero attached hydrogens (tertiary/aromatic N) is 22. The number of fused-ring (bicyclic) bond motifs is 5. The van der Waals surface area contributed by atoms with Crippen LogP contribution in [0.2, 0.25) is 0 Å². The number of nitrogens with one attached hydrogen (secondary N) is 5. The molecule has 20 aromatic rings. The number of hydrogen-bond donors (Lipinski definition) is 5. The molecule has 5 amide bonds. The van der Waals surface area contributed by atoms with Crippen molar-refractivity contribution < 1.29 is 28.4 Å². The highest BCUT2D eigenvalue weighted by Crippen LogP contribution is 2.38. The first kappa shape index (κ1) is 97.9. The van der Waals surface area contributed by atoms with Crippen molar-refractivity contribution in [3.8, 4) is 68.4 Å². The van der Waals surface area contributed by atoms with Crippen molar-refractivity contribution in [2.45, 2.75) is 130 Å². The van der Waals surface area contributed by atoms with Crippen molar-refractivity contribution in [1.82, 2.24) is 123 Å². The number of aromatic nitrogens is 20. The van der Waals surface area contributed by atoms with Gasteiger partial charge in [0.2, 0.25) is 0 Å². The lowest BCUT2D eigenvalue weighted by Crippen LogP contribution is -2.34. The molecule has 0 radical (unpaired) electrons. The van der Waals surface area contributed by atoms with Crippen LogP contribution in [-0.2, 0) is 32.7 Å². The van der Waals surface area contributed by atoms with Crippen LogP contribution in [0.1, 0.15) is 130 Å². The van der Waals surface area contributed by atoms with Crippen molar-refractivity contribution in [2.75, 3.05) is 32.7 Å². The molecule has 25 rings (SSSR count). The first-order valence-electron chi connectivity index (χ1n) is 50.9. The van der Waals surface area contributed by atoms with Gasteiger partial charge in [-0.1, -0.05) is 60.7 Å². The maximum atomic E-state index is 13.2. The second kappa shape index (κ2) is 43.6. The highest BCUT2D eigenvalue weighted by molar-refractivity contribution is 5.99. The Bertz CT molecular complexity index is 7860. The second-order valence-corrected chi connectivity index (χ2v) is 39.9. The molecule has 5 N–H and O–H groups in total. The van der Waals surface area contributed by atoms with E-state index in [-0.39, 0.29) is 65.6 Å². The number of pyridine rings is 5. The maximum Gasteiger partial charge on any atom is 0.255 e. The zero-order valence-corrected chi connectivity index (χ0v) is 83.7. The molecular weight excluding hydrogens is 1880 g/mol. The van der Waals surface area contributed by atoms with E-state index in [1.54, 1.807) is 79.5 Å². The Labute approximate surface area is 864 Å². The molecule has 5 aliphatic rings. The van der Waals surface area contributed by atoms with E-state index in [0.29, 0.717) is 77.0 Å². The van der Waals surface area contributed by atoms with Gasteiger partial charge in [0, 0.05) is 202 Å². The number of nitriles is 2. The lowest BCUT2D eigenvalue weighted by Gasteiger charge is -2.22. The van der Waals surface area contributed by atoms with Crippen LogP contribution in [0.3, 0.4) is 0 Å². The fourth-order valence-electron chi connectivity index (χ4n) is 22.2. The van der Waals surface area contributed by atoms with Crippen LogP contribution < -0.4 is 0 Å². The first-order chi connectivity index (χ1) is 73.2. The predicted molar refractivity (Wildman–Crippen MR) is 571 cm³/mol. The van der Waals surface area contributed by atoms with Crippen molar-refractivity contribution in [1.29, 1.82) is 10.5 Å². The summed E-state index contributed by atoms with van der Waals surface area (Å²) in [6, 6.07) is 75.0. The monoisotopic (exact) mass is 1990 g/mol. The van der Waals surface area contributed by atoms with Crippen molar-refractivity contribution in [2.24, 2.45) is 29.6 Å². The van der Waals surface area contributed by atoms with Crippen LogP contribution in [0.25, 0.3) is 111 Å². The van der Waals surface area contributed by atoms with E-state index < -0.39 is 0 Å². The molecule has 0 saturated carbocycles. The number of benzene rings is 5. The quantitative estimate of drug-likeness (QED) is 0.0473. The molecule has 0 bridgehead atoms. The lowest BCUT2D eigenvalue weighted by atomic mass is 10.1. The first-order valence-corrected chi connectivity index (χ1v) is 50.9. The van der Waals surface area contributed by atoms with Gasteiger partial charge in [-0.3, -0.25) is 49.5 Å². The van der Waals surface area contributed by atoms with Gasteiger partial charge < -0.3 is 47.3 Å². The van der Waals surface area contributed by atoms with Crippen molar-refractivity contribution in [3.63, 3.8) is 0 Å². The topological polar surface area (TPSA) is 382 Å². The highest BCUT2D eigenvalue weighted by Gasteiger charge is 2.40. The van der Waals surface area contributed by atoms with Crippen LogP contribution in [0, 0.1) is 58.1 Å². The molecule has 752 valence electrons. The number of carbonyl (C=O) groups is 5. The Morgan fingerprint density at radius 1 is 0.287 bits per heavy atom. The van der Waals surface area contributed by atoms with Gasteiger partial charge in [-0.15, -0.1) is 0 Å². The predicted octanol–water partition coefficient (Wildman–Crippen LogP) is 19.8. The van der Waals surface area contributed by atoms with Crippen LogP contribution in [0.15, 0.2) is 317 Å². The Hall–Kier alpha value is -18.1. The summed E-state index contributed by atoms with van der Waals surface area (Å²) in [7, 11) is 0. The fourth-order valence-corrected chi connectivity index (χ4v) is 22.2. The number of halogens is 1. The van der Waals surface area contributed by atoms with Crippen LogP contribution in [0.5, 0.6) is 0 Å². The van der Waals surface area contributed by atoms with Gasteiger partial charge in [-0.05, 0) is 260 Å². The molecular formula is C117H112FN27O5. The molecule has 10 atom stereocenters. The molecule has 5 aliphatic heterocycles. The van der Waals surface area contributed by atoms with Crippen molar-refractivity contribution in [3.05, 3.63) is 362 Å². The summed E-state index contributed by atoms with van der Waals surface area (Å²) in [5.74, 6) is 1.68. The van der Waals surface area contributed by atoms with Gasteiger partial charge in [-0.2, -0.15) is 36.0 Å². The largest absolute Gasteiger partial charge is 0.346 e. The fraction of sp³-hybridized carbons (Fsp3) is 0.256. The van der Waals surface area contributed by atoms with E-state index in [9.17, 15) is 38.9 Å². The third-order valence-corrected chi connectivity index (χ3v) is 29.7. The third-order valence-electron chi connectivity index (χ3n) is 29.7. The van der Waals surface area contributed by atoms with Crippen LogP contribution in [-0.4, -0.2) is 216 Å². The number of carbonyl (C=O) groups excluding carboxylic acids is 5. The number of H-pyrrole nitrogens is 5. The zero-order chi connectivity index (χ0) is 103. The smallest absolute Gasteiger partial charge is 0.255 e. The molecule has 5 aromatic carbocycles. The molecule has 32 nitrogen and oxygen atoms in total. The third kappa shape index (κ3) is 21.2. The van der Waals surface area contributed by atoms with Gasteiger partial charge in [-0.25, -0.2) is 29.3 Å². The molecule has 150 heavy (non-hydrogen) atoms. The Morgan fingerprint density at radius 3 is 0.747 bits per heavy atom. The van der Waals surface area contributed by atoms with E-state index in [1.165, 1.54) is 12.1 Å². The van der Waals surface area contributed by atoms with Gasteiger partial charge in [0.05, 0.1) is 149 Å².